The highest BCUT2D eigenvalue weighted by Gasteiger charge is 2.27. The summed E-state index contributed by atoms with van der Waals surface area (Å²) in [6.07, 6.45) is 0.165. The van der Waals surface area contributed by atoms with E-state index in [1.807, 2.05) is 6.07 Å². The lowest BCUT2D eigenvalue weighted by atomic mass is 10.1. The summed E-state index contributed by atoms with van der Waals surface area (Å²) < 4.78 is 0. The fourth-order valence-electron chi connectivity index (χ4n) is 1.76. The molecule has 1 aliphatic heterocycles. The molecule has 5 nitrogen and oxygen atoms in total. The second-order valence-electron chi connectivity index (χ2n) is 3.46. The van der Waals surface area contributed by atoms with Crippen LogP contribution in [0, 0.1) is 11.3 Å². The second kappa shape index (κ2) is 3.66. The van der Waals surface area contributed by atoms with Gasteiger partial charge in [0.15, 0.2) is 0 Å². The summed E-state index contributed by atoms with van der Waals surface area (Å²) in [5, 5.41) is 17.4. The van der Waals surface area contributed by atoms with Crippen molar-refractivity contribution in [1.82, 2.24) is 0 Å². The average Bonchev–Trinajstić information content (AvgIpc) is 2.55. The van der Waals surface area contributed by atoms with E-state index in [1.54, 1.807) is 6.07 Å². The molecule has 0 bridgehead atoms. The molecule has 0 spiro atoms. The predicted molar refractivity (Wildman–Crippen MR) is 55.1 cm³/mol. The number of carbonyl (C=O) groups excluding carboxylic acids is 1. The lowest BCUT2D eigenvalue weighted by Gasteiger charge is -2.12. The molecule has 0 saturated carbocycles. The summed E-state index contributed by atoms with van der Waals surface area (Å²) in [5.41, 5.74) is 1.46. The smallest absolute Gasteiger partial charge is 0.335 e. The molecule has 2 rings (SSSR count). The Morgan fingerprint density at radius 3 is 2.94 bits per heavy atom. The Morgan fingerprint density at radius 1 is 1.56 bits per heavy atom. The summed E-state index contributed by atoms with van der Waals surface area (Å²) >= 11 is 0. The van der Waals surface area contributed by atoms with Gasteiger partial charge in [-0.05, 0) is 23.8 Å². The van der Waals surface area contributed by atoms with Crippen LogP contribution in [0.1, 0.15) is 15.9 Å². The fourth-order valence-corrected chi connectivity index (χ4v) is 1.76. The quantitative estimate of drug-likeness (QED) is 0.741. The van der Waals surface area contributed by atoms with Crippen molar-refractivity contribution in [1.29, 1.82) is 5.26 Å². The maximum atomic E-state index is 11.5. The normalized spacial score (nSPS) is 13.4. The summed E-state index contributed by atoms with van der Waals surface area (Å²) in [5.74, 6) is -1.19. The van der Waals surface area contributed by atoms with Crippen LogP contribution in [0.5, 0.6) is 0 Å². The van der Waals surface area contributed by atoms with Gasteiger partial charge in [0.2, 0.25) is 5.91 Å². The molecular weight excluding hydrogens is 208 g/mol. The molecule has 1 aliphatic rings. The largest absolute Gasteiger partial charge is 0.478 e. The van der Waals surface area contributed by atoms with Crippen LogP contribution < -0.4 is 4.90 Å². The highest BCUT2D eigenvalue weighted by atomic mass is 16.4. The number of nitrogens with zero attached hydrogens (tertiary/aromatic N) is 2. The van der Waals surface area contributed by atoms with Crippen LogP contribution in [-0.2, 0) is 11.2 Å². The Kier molecular flexibility index (Phi) is 2.33. The maximum absolute atomic E-state index is 11.5. The molecule has 5 heteroatoms. The summed E-state index contributed by atoms with van der Waals surface area (Å²) in [7, 11) is 0. The third-order valence-corrected chi connectivity index (χ3v) is 2.49. The molecule has 1 aromatic rings. The minimum absolute atomic E-state index is 0.00173. The topological polar surface area (TPSA) is 81.4 Å². The summed E-state index contributed by atoms with van der Waals surface area (Å²) in [6, 6.07) is 6.39. The SMILES string of the molecule is N#CCN1C(=O)Cc2cc(C(=O)O)ccc21. The van der Waals surface area contributed by atoms with E-state index in [2.05, 4.69) is 0 Å². The number of aromatic carboxylic acids is 1. The highest BCUT2D eigenvalue weighted by molar-refractivity contribution is 6.02. The standard InChI is InChI=1S/C11H8N2O3/c12-3-4-13-9-2-1-7(11(15)16)5-8(9)6-10(13)14/h1-2,5H,4,6H2,(H,15,16). The molecule has 0 saturated heterocycles. The number of amides is 1. The van der Waals surface area contributed by atoms with Gasteiger partial charge in [0, 0.05) is 5.69 Å². The number of carboxylic acids is 1. The van der Waals surface area contributed by atoms with E-state index >= 15 is 0 Å². The van der Waals surface area contributed by atoms with Gasteiger partial charge in [0.05, 0.1) is 18.1 Å². The van der Waals surface area contributed by atoms with E-state index in [-0.39, 0.29) is 24.4 Å². The third-order valence-electron chi connectivity index (χ3n) is 2.49. The zero-order valence-corrected chi connectivity index (χ0v) is 8.30. The average molecular weight is 216 g/mol. The molecular formula is C11H8N2O3. The molecule has 0 aromatic heterocycles. The van der Waals surface area contributed by atoms with Gasteiger partial charge in [-0.1, -0.05) is 0 Å². The number of carbonyl (C=O) groups is 2. The van der Waals surface area contributed by atoms with E-state index in [4.69, 9.17) is 10.4 Å². The van der Waals surface area contributed by atoms with Gasteiger partial charge in [-0.2, -0.15) is 5.26 Å². The predicted octanol–water partition coefficient (Wildman–Crippen LogP) is 0.797. The van der Waals surface area contributed by atoms with Crippen molar-refractivity contribution in [3.63, 3.8) is 0 Å². The van der Waals surface area contributed by atoms with Gasteiger partial charge in [0.1, 0.15) is 6.54 Å². The molecule has 0 fully saturated rings. The number of hydrogen-bond acceptors (Lipinski definition) is 3. The Balaban J connectivity index is 2.43. The molecule has 80 valence electrons. The molecule has 1 aromatic carbocycles. The van der Waals surface area contributed by atoms with Gasteiger partial charge in [-0.25, -0.2) is 4.79 Å². The lowest BCUT2D eigenvalue weighted by Crippen LogP contribution is -2.26. The van der Waals surface area contributed by atoms with Crippen LogP contribution in [0.2, 0.25) is 0 Å². The van der Waals surface area contributed by atoms with Gasteiger partial charge in [0.25, 0.3) is 0 Å². The first-order valence-corrected chi connectivity index (χ1v) is 4.67. The first kappa shape index (κ1) is 10.2. The molecule has 0 aliphatic carbocycles. The minimum Gasteiger partial charge on any atom is -0.478 e. The number of rotatable bonds is 2. The molecule has 0 atom stereocenters. The van der Waals surface area contributed by atoms with Crippen LogP contribution in [0.25, 0.3) is 0 Å². The van der Waals surface area contributed by atoms with Gasteiger partial charge in [-0.15, -0.1) is 0 Å². The maximum Gasteiger partial charge on any atom is 0.335 e. The zero-order chi connectivity index (χ0) is 11.7. The lowest BCUT2D eigenvalue weighted by molar-refractivity contribution is -0.117. The van der Waals surface area contributed by atoms with Crippen LogP contribution in [-0.4, -0.2) is 23.5 Å². The van der Waals surface area contributed by atoms with E-state index in [1.165, 1.54) is 17.0 Å². The molecule has 0 radical (unpaired) electrons. The second-order valence-corrected chi connectivity index (χ2v) is 3.46. The van der Waals surface area contributed by atoms with Crippen molar-refractivity contribution in [3.8, 4) is 6.07 Å². The van der Waals surface area contributed by atoms with Crippen LogP contribution in [0.3, 0.4) is 0 Å². The number of hydrogen-bond donors (Lipinski definition) is 1. The minimum atomic E-state index is -1.02. The third kappa shape index (κ3) is 1.50. The summed E-state index contributed by atoms with van der Waals surface area (Å²) in [6.45, 7) is -0.00173. The summed E-state index contributed by atoms with van der Waals surface area (Å²) in [4.78, 5) is 23.6. The van der Waals surface area contributed by atoms with Crippen LogP contribution >= 0.6 is 0 Å². The molecule has 16 heavy (non-hydrogen) atoms. The molecule has 1 heterocycles. The molecule has 0 unspecified atom stereocenters. The number of carboxylic acid groups (broad SMARTS) is 1. The van der Waals surface area contributed by atoms with Crippen molar-refractivity contribution in [2.24, 2.45) is 0 Å². The van der Waals surface area contributed by atoms with Crippen molar-refractivity contribution in [2.45, 2.75) is 6.42 Å². The molecule has 1 amide bonds. The van der Waals surface area contributed by atoms with Gasteiger partial charge >= 0.3 is 5.97 Å². The van der Waals surface area contributed by atoms with Crippen molar-refractivity contribution in [3.05, 3.63) is 29.3 Å². The molecule has 1 N–H and O–H groups in total. The van der Waals surface area contributed by atoms with Crippen molar-refractivity contribution in [2.75, 3.05) is 11.4 Å². The first-order valence-electron chi connectivity index (χ1n) is 4.67. The Labute approximate surface area is 91.5 Å². The number of nitriles is 1. The number of benzene rings is 1. The Hall–Kier alpha value is -2.35. The Morgan fingerprint density at radius 2 is 2.31 bits per heavy atom. The van der Waals surface area contributed by atoms with Crippen molar-refractivity contribution >= 4 is 17.6 Å². The van der Waals surface area contributed by atoms with E-state index in [0.29, 0.717) is 11.3 Å². The first-order chi connectivity index (χ1) is 7.63. The van der Waals surface area contributed by atoms with Crippen LogP contribution in [0.15, 0.2) is 18.2 Å². The monoisotopic (exact) mass is 216 g/mol. The van der Waals surface area contributed by atoms with E-state index < -0.39 is 5.97 Å². The van der Waals surface area contributed by atoms with Crippen LogP contribution in [0.4, 0.5) is 5.69 Å². The van der Waals surface area contributed by atoms with E-state index in [0.717, 1.165) is 0 Å². The van der Waals surface area contributed by atoms with Crippen molar-refractivity contribution < 1.29 is 14.7 Å². The van der Waals surface area contributed by atoms with Gasteiger partial charge in [-0.3, -0.25) is 9.69 Å². The van der Waals surface area contributed by atoms with Gasteiger partial charge < -0.3 is 5.11 Å². The number of fused-ring (bicyclic) bond motifs is 1. The Bertz CT molecular complexity index is 516. The fraction of sp³-hybridized carbons (Fsp3) is 0.182. The zero-order valence-electron chi connectivity index (χ0n) is 8.30. The number of anilines is 1. The van der Waals surface area contributed by atoms with E-state index in [9.17, 15) is 9.59 Å². The highest BCUT2D eigenvalue weighted by Crippen LogP contribution is 2.29.